The van der Waals surface area contributed by atoms with Crippen LogP contribution in [0.1, 0.15) is 18.4 Å². The second-order valence-electron chi connectivity index (χ2n) is 8.63. The molecule has 0 atom stereocenters. The summed E-state index contributed by atoms with van der Waals surface area (Å²) in [5, 5.41) is 0.237. The largest absolute Gasteiger partial charge is 0.492 e. The Hall–Kier alpha value is -3.01. The molecule has 2 aromatic carbocycles. The van der Waals surface area contributed by atoms with E-state index in [1.165, 1.54) is 11.3 Å². The van der Waals surface area contributed by atoms with Crippen LogP contribution in [-0.4, -0.2) is 54.8 Å². The van der Waals surface area contributed by atoms with Crippen LogP contribution < -0.4 is 9.47 Å². The zero-order chi connectivity index (χ0) is 24.3. The lowest BCUT2D eigenvalue weighted by molar-refractivity contribution is 0.184. The Balaban J connectivity index is 1.07. The van der Waals surface area contributed by atoms with Gasteiger partial charge in [0.2, 0.25) is 0 Å². The smallest absolute Gasteiger partial charge is 0.281 e. The molecule has 7 nitrogen and oxygen atoms in total. The van der Waals surface area contributed by atoms with Crippen molar-refractivity contribution in [2.75, 3.05) is 26.2 Å². The summed E-state index contributed by atoms with van der Waals surface area (Å²) < 4.78 is 38.6. The summed E-state index contributed by atoms with van der Waals surface area (Å²) in [5.74, 6) is 1.45. The number of rotatable bonds is 8. The highest BCUT2D eigenvalue weighted by molar-refractivity contribution is 7.92. The summed E-state index contributed by atoms with van der Waals surface area (Å²) in [4.78, 5) is 11.3. The maximum absolute atomic E-state index is 12.9. The number of likely N-dealkylation sites (tertiary alicyclic amines) is 1. The van der Waals surface area contributed by atoms with Crippen molar-refractivity contribution >= 4 is 31.5 Å². The zero-order valence-electron chi connectivity index (χ0n) is 19.5. The first-order valence-electron chi connectivity index (χ1n) is 11.6. The Morgan fingerprint density at radius 1 is 1.00 bits per heavy atom. The van der Waals surface area contributed by atoms with Crippen LogP contribution in [0.25, 0.3) is 10.3 Å². The highest BCUT2D eigenvalue weighted by Gasteiger charge is 2.31. The molecule has 5 rings (SSSR count). The molecule has 0 radical (unpaired) electrons. The van der Waals surface area contributed by atoms with Crippen molar-refractivity contribution in [2.45, 2.75) is 29.9 Å². The molecule has 4 aromatic rings. The molecule has 35 heavy (non-hydrogen) atoms. The third-order valence-electron chi connectivity index (χ3n) is 6.17. The van der Waals surface area contributed by atoms with E-state index >= 15 is 0 Å². The molecule has 0 amide bonds. The van der Waals surface area contributed by atoms with Crippen LogP contribution in [0.15, 0.2) is 71.8 Å². The van der Waals surface area contributed by atoms with E-state index in [2.05, 4.69) is 14.9 Å². The van der Waals surface area contributed by atoms with E-state index in [0.29, 0.717) is 40.9 Å². The van der Waals surface area contributed by atoms with Crippen molar-refractivity contribution in [3.05, 3.63) is 72.4 Å². The van der Waals surface area contributed by atoms with E-state index in [1.807, 2.05) is 55.5 Å². The number of thiazole rings is 1. The summed E-state index contributed by atoms with van der Waals surface area (Å²) in [6.07, 6.45) is 3.00. The number of hydrogen-bond donors (Lipinski definition) is 0. The van der Waals surface area contributed by atoms with Crippen LogP contribution in [0.2, 0.25) is 0 Å². The van der Waals surface area contributed by atoms with Gasteiger partial charge in [-0.2, -0.15) is 4.98 Å². The third kappa shape index (κ3) is 5.63. The number of ether oxygens (including phenoxy) is 2. The number of fused-ring (bicyclic) bond motifs is 1. The van der Waals surface area contributed by atoms with Crippen LogP contribution in [0.4, 0.5) is 0 Å². The van der Waals surface area contributed by atoms with Crippen LogP contribution in [0, 0.1) is 6.92 Å². The van der Waals surface area contributed by atoms with E-state index < -0.39 is 9.84 Å². The Bertz CT molecular complexity index is 1350. The van der Waals surface area contributed by atoms with Gasteiger partial charge >= 0.3 is 0 Å². The van der Waals surface area contributed by atoms with Gasteiger partial charge in [0.25, 0.3) is 5.19 Å². The number of pyridine rings is 1. The molecule has 182 valence electrons. The van der Waals surface area contributed by atoms with Gasteiger partial charge in [-0.05, 0) is 81.4 Å². The van der Waals surface area contributed by atoms with Gasteiger partial charge in [0.15, 0.2) is 15.5 Å². The first-order valence-corrected chi connectivity index (χ1v) is 14.0. The van der Waals surface area contributed by atoms with Crippen LogP contribution >= 0.6 is 11.3 Å². The minimum atomic E-state index is -3.28. The van der Waals surface area contributed by atoms with Gasteiger partial charge in [-0.1, -0.05) is 29.0 Å². The average Bonchev–Trinajstić information content (AvgIpc) is 3.28. The number of sulfone groups is 1. The molecule has 0 bridgehead atoms. The monoisotopic (exact) mass is 509 g/mol. The van der Waals surface area contributed by atoms with Gasteiger partial charge in [0.1, 0.15) is 18.1 Å². The Kier molecular flexibility index (Phi) is 6.99. The second-order valence-corrected chi connectivity index (χ2v) is 11.8. The summed E-state index contributed by atoms with van der Waals surface area (Å²) in [5.41, 5.74) is 1.75. The fourth-order valence-corrected chi connectivity index (χ4v) is 6.68. The van der Waals surface area contributed by atoms with Crippen LogP contribution in [-0.2, 0) is 9.84 Å². The van der Waals surface area contributed by atoms with E-state index in [1.54, 1.807) is 18.3 Å². The predicted octanol–water partition coefficient (Wildman–Crippen LogP) is 5.11. The molecule has 1 aliphatic rings. The molecule has 0 aliphatic carbocycles. The molecule has 1 aliphatic heterocycles. The number of aromatic nitrogens is 2. The molecule has 1 saturated heterocycles. The molecule has 3 heterocycles. The fraction of sp³-hybridized carbons (Fsp3) is 0.308. The van der Waals surface area contributed by atoms with E-state index in [9.17, 15) is 8.42 Å². The van der Waals surface area contributed by atoms with Gasteiger partial charge in [-0.3, -0.25) is 4.90 Å². The molecule has 0 N–H and O–H groups in total. The van der Waals surface area contributed by atoms with Crippen molar-refractivity contribution in [1.82, 2.24) is 14.9 Å². The van der Waals surface area contributed by atoms with Crippen LogP contribution in [0.3, 0.4) is 0 Å². The topological polar surface area (TPSA) is 81.6 Å². The molecule has 2 aromatic heterocycles. The summed E-state index contributed by atoms with van der Waals surface area (Å²) >= 11 is 1.46. The van der Waals surface area contributed by atoms with Gasteiger partial charge in [0.05, 0.1) is 14.8 Å². The van der Waals surface area contributed by atoms with Gasteiger partial charge in [0, 0.05) is 12.7 Å². The first-order chi connectivity index (χ1) is 17.0. The fourth-order valence-electron chi connectivity index (χ4n) is 4.15. The minimum absolute atomic E-state index is 0.318. The number of aryl methyl sites for hydroxylation is 1. The normalized spacial score (nSPS) is 15.3. The van der Waals surface area contributed by atoms with Crippen molar-refractivity contribution in [3.63, 3.8) is 0 Å². The number of hydrogen-bond acceptors (Lipinski definition) is 8. The number of nitrogens with zero attached hydrogens (tertiary/aromatic N) is 3. The van der Waals surface area contributed by atoms with Gasteiger partial charge in [-0.25, -0.2) is 13.4 Å². The van der Waals surface area contributed by atoms with Crippen molar-refractivity contribution in [1.29, 1.82) is 0 Å². The molecular formula is C26H27N3O4S2. The third-order valence-corrected chi connectivity index (χ3v) is 9.34. The summed E-state index contributed by atoms with van der Waals surface area (Å²) in [6, 6.07) is 18.5. The number of piperidine rings is 1. The van der Waals surface area contributed by atoms with Crippen molar-refractivity contribution in [3.8, 4) is 16.7 Å². The molecule has 0 unspecified atom stereocenters. The molecule has 0 saturated carbocycles. The Morgan fingerprint density at radius 3 is 2.43 bits per heavy atom. The number of benzene rings is 2. The minimum Gasteiger partial charge on any atom is -0.492 e. The standard InChI is InChI=1S/C26H27N3O4S2/c1-19-4-10-22(11-5-19)35(30,31)23-12-15-29(16-13-23)17-18-32-20-6-8-21(9-7-20)33-26-28-25-24(34-26)3-2-14-27-25/h2-11,14,23H,12-13,15-18H2,1H3. The van der Waals surface area contributed by atoms with Crippen molar-refractivity contribution < 1.29 is 17.9 Å². The predicted molar refractivity (Wildman–Crippen MR) is 137 cm³/mol. The maximum Gasteiger partial charge on any atom is 0.281 e. The van der Waals surface area contributed by atoms with E-state index in [0.717, 1.165) is 35.6 Å². The lowest BCUT2D eigenvalue weighted by atomic mass is 10.1. The van der Waals surface area contributed by atoms with E-state index in [-0.39, 0.29) is 5.25 Å². The molecule has 0 spiro atoms. The lowest BCUT2D eigenvalue weighted by Gasteiger charge is -2.31. The van der Waals surface area contributed by atoms with Gasteiger partial charge < -0.3 is 9.47 Å². The Labute approximate surface area is 209 Å². The first kappa shape index (κ1) is 23.7. The van der Waals surface area contributed by atoms with Crippen molar-refractivity contribution in [2.24, 2.45) is 0 Å². The highest BCUT2D eigenvalue weighted by atomic mass is 32.2. The van der Waals surface area contributed by atoms with Gasteiger partial charge in [-0.15, -0.1) is 0 Å². The SMILES string of the molecule is Cc1ccc(S(=O)(=O)C2CCN(CCOc3ccc(Oc4nc5ncccc5s4)cc3)CC2)cc1. The van der Waals surface area contributed by atoms with E-state index in [4.69, 9.17) is 9.47 Å². The van der Waals surface area contributed by atoms with Crippen LogP contribution in [0.5, 0.6) is 16.7 Å². The second kappa shape index (κ2) is 10.3. The summed E-state index contributed by atoms with van der Waals surface area (Å²) in [6.45, 7) is 4.76. The molecule has 9 heteroatoms. The molecular weight excluding hydrogens is 482 g/mol. The average molecular weight is 510 g/mol. The lowest BCUT2D eigenvalue weighted by Crippen LogP contribution is -2.41. The quantitative estimate of drug-likeness (QED) is 0.326. The summed E-state index contributed by atoms with van der Waals surface area (Å²) in [7, 11) is -3.28. The Morgan fingerprint density at radius 2 is 1.71 bits per heavy atom. The maximum atomic E-state index is 12.9. The highest BCUT2D eigenvalue weighted by Crippen LogP contribution is 2.31. The molecule has 1 fully saturated rings. The zero-order valence-corrected chi connectivity index (χ0v) is 21.1.